The van der Waals surface area contributed by atoms with Gasteiger partial charge in [-0.1, -0.05) is 23.8 Å². The number of amides is 1. The summed E-state index contributed by atoms with van der Waals surface area (Å²) in [6.45, 7) is 1.84. The fourth-order valence-corrected chi connectivity index (χ4v) is 1.07. The first-order chi connectivity index (χ1) is 7.41. The molecule has 1 unspecified atom stereocenters. The molecule has 0 radical (unpaired) electrons. The van der Waals surface area contributed by atoms with Gasteiger partial charge in [-0.05, 0) is 19.4 Å². The lowest BCUT2D eigenvalue weighted by atomic mass is 10.2. The Morgan fingerprint density at radius 2 is 2.06 bits per heavy atom. The number of halogens is 2. The summed E-state index contributed by atoms with van der Waals surface area (Å²) < 4.78 is 0. The first-order valence-electron chi connectivity index (χ1n) is 4.71. The van der Waals surface area contributed by atoms with Gasteiger partial charge in [0.25, 0.3) is 0 Å². The van der Waals surface area contributed by atoms with Gasteiger partial charge in [0.05, 0.1) is 0 Å². The lowest BCUT2D eigenvalue weighted by molar-refractivity contribution is -0.117. The number of hydrogen-bond donors (Lipinski definition) is 2. The summed E-state index contributed by atoms with van der Waals surface area (Å²) in [4.78, 5) is 14.4. The van der Waals surface area contributed by atoms with Crippen LogP contribution in [0.1, 0.15) is 19.8 Å². The minimum atomic E-state index is -0.388. The highest BCUT2D eigenvalue weighted by molar-refractivity contribution is 6.29. The second kappa shape index (κ2) is 8.19. The maximum absolute atomic E-state index is 11.1. The normalized spacial score (nSPS) is 13.8. The summed E-state index contributed by atoms with van der Waals surface area (Å²) in [7, 11) is 0. The van der Waals surface area contributed by atoms with Crippen LogP contribution >= 0.6 is 23.2 Å². The van der Waals surface area contributed by atoms with Crippen molar-refractivity contribution in [3.63, 3.8) is 0 Å². The number of guanidine groups is 1. The summed E-state index contributed by atoms with van der Waals surface area (Å²) in [5.74, 6) is -0.623. The van der Waals surface area contributed by atoms with Crippen LogP contribution in [-0.4, -0.2) is 17.2 Å². The van der Waals surface area contributed by atoms with Crippen LogP contribution in [0.3, 0.4) is 0 Å². The number of carbonyl (C=O) groups is 1. The molecule has 16 heavy (non-hydrogen) atoms. The van der Waals surface area contributed by atoms with Crippen LogP contribution in [0.15, 0.2) is 28.3 Å². The van der Waals surface area contributed by atoms with Crippen molar-refractivity contribution in [1.29, 1.82) is 0 Å². The van der Waals surface area contributed by atoms with Gasteiger partial charge >= 0.3 is 0 Å². The van der Waals surface area contributed by atoms with Gasteiger partial charge in [0.2, 0.25) is 5.91 Å². The van der Waals surface area contributed by atoms with E-state index in [2.05, 4.69) is 4.99 Å². The molecular weight excluding hydrogens is 249 g/mol. The predicted molar refractivity (Wildman–Crippen MR) is 68.4 cm³/mol. The molecule has 0 aromatic rings. The van der Waals surface area contributed by atoms with E-state index in [0.29, 0.717) is 11.5 Å². The van der Waals surface area contributed by atoms with Crippen molar-refractivity contribution < 1.29 is 4.79 Å². The standard InChI is InChI=1S/C10H15Cl2N3O/c1-7(11)3-2-4-8(12)5-6-9(16)15-10(13)14/h2-4,7H,5-6H2,1H3,(H4,13,14,15,16)/b3-2-,8-4+. The van der Waals surface area contributed by atoms with Gasteiger partial charge in [0, 0.05) is 16.8 Å². The molecule has 1 amide bonds. The number of nitrogens with zero attached hydrogens (tertiary/aromatic N) is 1. The molecular formula is C10H15Cl2N3O. The molecule has 90 valence electrons. The van der Waals surface area contributed by atoms with Gasteiger partial charge < -0.3 is 11.5 Å². The highest BCUT2D eigenvalue weighted by Gasteiger charge is 2.01. The highest BCUT2D eigenvalue weighted by atomic mass is 35.5. The Bertz CT molecular complexity index is 318. The summed E-state index contributed by atoms with van der Waals surface area (Å²) >= 11 is 11.5. The largest absolute Gasteiger partial charge is 0.370 e. The van der Waals surface area contributed by atoms with E-state index in [4.69, 9.17) is 34.7 Å². The van der Waals surface area contributed by atoms with Crippen LogP contribution in [0, 0.1) is 0 Å². The number of aliphatic imine (C=N–C) groups is 1. The molecule has 0 aliphatic heterocycles. The topological polar surface area (TPSA) is 81.5 Å². The number of alkyl halides is 1. The van der Waals surface area contributed by atoms with Crippen LogP contribution in [0.25, 0.3) is 0 Å². The average Bonchev–Trinajstić information content (AvgIpc) is 2.13. The van der Waals surface area contributed by atoms with Crippen molar-refractivity contribution in [2.75, 3.05) is 0 Å². The Kier molecular flexibility index (Phi) is 7.68. The van der Waals surface area contributed by atoms with Gasteiger partial charge in [-0.2, -0.15) is 4.99 Å². The molecule has 4 N–H and O–H groups in total. The molecule has 6 heteroatoms. The van der Waals surface area contributed by atoms with Gasteiger partial charge in [0.15, 0.2) is 5.96 Å². The Morgan fingerprint density at radius 3 is 2.56 bits per heavy atom. The molecule has 0 rings (SSSR count). The SMILES string of the molecule is CC(Cl)/C=C\C=C(\Cl)CCC(=O)N=C(N)N. The first-order valence-corrected chi connectivity index (χ1v) is 5.52. The third kappa shape index (κ3) is 9.55. The van der Waals surface area contributed by atoms with Crippen molar-refractivity contribution in [2.45, 2.75) is 25.1 Å². The molecule has 0 aliphatic rings. The van der Waals surface area contributed by atoms with E-state index in [1.54, 1.807) is 18.2 Å². The molecule has 0 bridgehead atoms. The van der Waals surface area contributed by atoms with Crippen LogP contribution in [0.4, 0.5) is 0 Å². The summed E-state index contributed by atoms with van der Waals surface area (Å²) in [5, 5.41) is 0.497. The summed E-state index contributed by atoms with van der Waals surface area (Å²) in [5.41, 5.74) is 10.1. The van der Waals surface area contributed by atoms with Gasteiger partial charge in [-0.25, -0.2) is 0 Å². The average molecular weight is 264 g/mol. The van der Waals surface area contributed by atoms with E-state index in [0.717, 1.165) is 0 Å². The lowest BCUT2D eigenvalue weighted by Crippen LogP contribution is -2.24. The lowest BCUT2D eigenvalue weighted by Gasteiger charge is -1.95. The fraction of sp³-hybridized carbons (Fsp3) is 0.400. The zero-order chi connectivity index (χ0) is 12.6. The third-order valence-corrected chi connectivity index (χ3v) is 1.95. The zero-order valence-corrected chi connectivity index (χ0v) is 10.5. The maximum Gasteiger partial charge on any atom is 0.249 e. The molecule has 0 saturated carbocycles. The van der Waals surface area contributed by atoms with Crippen LogP contribution in [-0.2, 0) is 4.79 Å². The maximum atomic E-state index is 11.1. The van der Waals surface area contributed by atoms with Crippen molar-refractivity contribution >= 4 is 35.1 Å². The quantitative estimate of drug-likeness (QED) is 0.344. The van der Waals surface area contributed by atoms with Gasteiger partial charge in [-0.3, -0.25) is 4.79 Å². The van der Waals surface area contributed by atoms with Crippen molar-refractivity contribution in [1.82, 2.24) is 0 Å². The van der Waals surface area contributed by atoms with Crippen molar-refractivity contribution in [3.8, 4) is 0 Å². The first kappa shape index (κ1) is 15.0. The molecule has 0 aromatic heterocycles. The molecule has 0 spiro atoms. The van der Waals surface area contributed by atoms with Crippen LogP contribution in [0.2, 0.25) is 0 Å². The minimum absolute atomic E-state index is 0.0519. The fourth-order valence-electron chi connectivity index (χ4n) is 0.823. The van der Waals surface area contributed by atoms with E-state index >= 15 is 0 Å². The van der Waals surface area contributed by atoms with Gasteiger partial charge in [0.1, 0.15) is 0 Å². The van der Waals surface area contributed by atoms with Gasteiger partial charge in [-0.15, -0.1) is 11.6 Å². The number of allylic oxidation sites excluding steroid dienone is 4. The second-order valence-electron chi connectivity index (χ2n) is 3.11. The Morgan fingerprint density at radius 1 is 1.44 bits per heavy atom. The monoisotopic (exact) mass is 263 g/mol. The van der Waals surface area contributed by atoms with E-state index in [1.807, 2.05) is 6.92 Å². The third-order valence-electron chi connectivity index (χ3n) is 1.48. The van der Waals surface area contributed by atoms with Crippen molar-refractivity contribution in [3.05, 3.63) is 23.3 Å². The van der Waals surface area contributed by atoms with Crippen molar-refractivity contribution in [2.24, 2.45) is 16.5 Å². The Labute approximate surface area is 105 Å². The van der Waals surface area contributed by atoms with E-state index in [1.165, 1.54) is 0 Å². The molecule has 4 nitrogen and oxygen atoms in total. The Hall–Kier alpha value is -1.00. The number of nitrogens with two attached hydrogens (primary N) is 2. The minimum Gasteiger partial charge on any atom is -0.370 e. The predicted octanol–water partition coefficient (Wildman–Crippen LogP) is 1.87. The molecule has 0 aliphatic carbocycles. The van der Waals surface area contributed by atoms with E-state index in [9.17, 15) is 4.79 Å². The number of rotatable bonds is 5. The summed E-state index contributed by atoms with van der Waals surface area (Å²) in [6, 6.07) is 0. The van der Waals surface area contributed by atoms with E-state index < -0.39 is 0 Å². The molecule has 0 heterocycles. The number of hydrogen-bond acceptors (Lipinski definition) is 1. The van der Waals surface area contributed by atoms with Crippen LogP contribution in [0.5, 0.6) is 0 Å². The highest BCUT2D eigenvalue weighted by Crippen LogP contribution is 2.11. The summed E-state index contributed by atoms with van der Waals surface area (Å²) in [6.07, 6.45) is 5.78. The number of carbonyl (C=O) groups excluding carboxylic acids is 1. The van der Waals surface area contributed by atoms with E-state index in [-0.39, 0.29) is 23.7 Å². The molecule has 0 saturated heterocycles. The molecule has 0 aromatic carbocycles. The molecule has 0 fully saturated rings. The second-order valence-corrected chi connectivity index (χ2v) is 4.28. The smallest absolute Gasteiger partial charge is 0.249 e. The Balaban J connectivity index is 4.02. The molecule has 1 atom stereocenters. The zero-order valence-electron chi connectivity index (χ0n) is 8.99. The van der Waals surface area contributed by atoms with Crippen LogP contribution < -0.4 is 11.5 Å².